The first kappa shape index (κ1) is 25.5. The van der Waals surface area contributed by atoms with E-state index < -0.39 is 0 Å². The van der Waals surface area contributed by atoms with Crippen LogP contribution in [0.15, 0.2) is 54.1 Å². The number of nitriles is 1. The molecule has 0 radical (unpaired) electrons. The number of carbonyl (C=O) groups excluding carboxylic acids is 1. The van der Waals surface area contributed by atoms with Gasteiger partial charge in [-0.15, -0.1) is 0 Å². The van der Waals surface area contributed by atoms with Gasteiger partial charge in [0.15, 0.2) is 0 Å². The number of aromatic nitrogens is 1. The van der Waals surface area contributed by atoms with Crippen molar-refractivity contribution in [3.05, 3.63) is 59.8 Å². The van der Waals surface area contributed by atoms with Gasteiger partial charge >= 0.3 is 0 Å². The molecule has 1 N–H and O–H groups in total. The molecule has 2 heterocycles. The first-order chi connectivity index (χ1) is 17.6. The molecule has 0 spiro atoms. The third-order valence-corrected chi connectivity index (χ3v) is 6.49. The second kappa shape index (κ2) is 12.4. The highest BCUT2D eigenvalue weighted by molar-refractivity contribution is 6.01. The summed E-state index contributed by atoms with van der Waals surface area (Å²) in [4.78, 5) is 14.8. The lowest BCUT2D eigenvalue weighted by molar-refractivity contribution is -0.117. The van der Waals surface area contributed by atoms with Gasteiger partial charge in [-0.1, -0.05) is 31.5 Å². The minimum atomic E-state index is -0.388. The van der Waals surface area contributed by atoms with Crippen molar-refractivity contribution in [2.45, 2.75) is 19.8 Å². The summed E-state index contributed by atoms with van der Waals surface area (Å²) in [5.41, 5.74) is 4.18. The molecule has 36 heavy (non-hydrogen) atoms. The van der Waals surface area contributed by atoms with E-state index in [1.165, 1.54) is 16.5 Å². The Labute approximate surface area is 212 Å². The van der Waals surface area contributed by atoms with Crippen LogP contribution in [0.4, 0.5) is 5.69 Å². The summed E-state index contributed by atoms with van der Waals surface area (Å²) in [6, 6.07) is 19.0. The summed E-state index contributed by atoms with van der Waals surface area (Å²) in [5.74, 6) is -0.388. The predicted molar refractivity (Wildman–Crippen MR) is 144 cm³/mol. The van der Waals surface area contributed by atoms with Gasteiger partial charge in [-0.2, -0.15) is 5.26 Å². The molecule has 0 saturated carbocycles. The molecule has 2 aromatic carbocycles. The molecular formula is C29H34N4O3. The minimum absolute atomic E-state index is 0.0745. The largest absolute Gasteiger partial charge is 0.380 e. The first-order valence-electron chi connectivity index (χ1n) is 12.6. The van der Waals surface area contributed by atoms with E-state index in [-0.39, 0.29) is 11.5 Å². The summed E-state index contributed by atoms with van der Waals surface area (Å²) >= 11 is 0. The van der Waals surface area contributed by atoms with Crippen LogP contribution < -0.4 is 10.2 Å². The standard InChI is InChI=1S/C29H34N4O3/c1-3-4-14-35-15-11-31-29(34)25(21-30)20-26-9-10-28(32(26)2)24-6-5-23-19-27(8-7-22(23)18-24)33-12-16-36-17-13-33/h5-10,18-20H,3-4,11-17H2,1-2H3,(H,31,34)/b25-20+. The van der Waals surface area contributed by atoms with Crippen molar-refractivity contribution in [2.75, 3.05) is 51.0 Å². The minimum Gasteiger partial charge on any atom is -0.380 e. The maximum Gasteiger partial charge on any atom is 0.262 e. The van der Waals surface area contributed by atoms with E-state index in [0.29, 0.717) is 19.8 Å². The Hall–Kier alpha value is -3.60. The topological polar surface area (TPSA) is 79.5 Å². The maximum absolute atomic E-state index is 12.5. The molecule has 1 aliphatic rings. The van der Waals surface area contributed by atoms with Crippen molar-refractivity contribution in [2.24, 2.45) is 7.05 Å². The van der Waals surface area contributed by atoms with Crippen LogP contribution in [0.2, 0.25) is 0 Å². The second-order valence-corrected chi connectivity index (χ2v) is 8.94. The van der Waals surface area contributed by atoms with Crippen molar-refractivity contribution >= 4 is 28.4 Å². The molecular weight excluding hydrogens is 452 g/mol. The average molecular weight is 487 g/mol. The second-order valence-electron chi connectivity index (χ2n) is 8.94. The number of rotatable bonds is 10. The summed E-state index contributed by atoms with van der Waals surface area (Å²) in [7, 11) is 1.95. The third-order valence-electron chi connectivity index (χ3n) is 6.49. The Bertz CT molecular complexity index is 1270. The van der Waals surface area contributed by atoms with Crippen LogP contribution >= 0.6 is 0 Å². The fraction of sp³-hybridized carbons (Fsp3) is 0.379. The van der Waals surface area contributed by atoms with E-state index in [1.54, 1.807) is 6.08 Å². The van der Waals surface area contributed by atoms with Gasteiger partial charge < -0.3 is 24.3 Å². The van der Waals surface area contributed by atoms with Crippen LogP contribution in [0.5, 0.6) is 0 Å². The molecule has 4 rings (SSSR count). The Balaban J connectivity index is 1.47. The van der Waals surface area contributed by atoms with E-state index in [1.807, 2.05) is 29.8 Å². The van der Waals surface area contributed by atoms with Crippen LogP contribution in [0.3, 0.4) is 0 Å². The molecule has 1 aliphatic heterocycles. The van der Waals surface area contributed by atoms with Crippen molar-refractivity contribution in [3.63, 3.8) is 0 Å². The summed E-state index contributed by atoms with van der Waals surface area (Å²) in [6.45, 7) is 6.97. The molecule has 1 amide bonds. The quantitative estimate of drug-likeness (QED) is 0.259. The predicted octanol–water partition coefficient (Wildman–Crippen LogP) is 4.52. The third kappa shape index (κ3) is 6.14. The van der Waals surface area contributed by atoms with E-state index in [9.17, 15) is 10.1 Å². The monoisotopic (exact) mass is 486 g/mol. The van der Waals surface area contributed by atoms with Crippen LogP contribution in [0.1, 0.15) is 25.5 Å². The van der Waals surface area contributed by atoms with Crippen LogP contribution in [-0.2, 0) is 21.3 Å². The maximum atomic E-state index is 12.5. The van der Waals surface area contributed by atoms with Gasteiger partial charge in [0.2, 0.25) is 0 Å². The molecule has 7 nitrogen and oxygen atoms in total. The van der Waals surface area contributed by atoms with Crippen molar-refractivity contribution < 1.29 is 14.3 Å². The summed E-state index contributed by atoms with van der Waals surface area (Å²) in [5, 5.41) is 14.7. The average Bonchev–Trinajstić information content (AvgIpc) is 3.28. The SMILES string of the molecule is CCCCOCCNC(=O)/C(C#N)=C/c1ccc(-c2ccc3cc(N4CCOCC4)ccc3c2)n1C. The Morgan fingerprint density at radius 3 is 2.67 bits per heavy atom. The Kier molecular flexibility index (Phi) is 8.77. The number of anilines is 1. The van der Waals surface area contributed by atoms with E-state index in [2.05, 4.69) is 53.5 Å². The summed E-state index contributed by atoms with van der Waals surface area (Å²) < 4.78 is 12.9. The number of nitrogens with one attached hydrogen (secondary N) is 1. The van der Waals surface area contributed by atoms with Gasteiger partial charge in [0.25, 0.3) is 5.91 Å². The van der Waals surface area contributed by atoms with E-state index in [0.717, 1.165) is 56.1 Å². The highest BCUT2D eigenvalue weighted by Crippen LogP contribution is 2.29. The number of hydrogen-bond acceptors (Lipinski definition) is 5. The van der Waals surface area contributed by atoms with Crippen LogP contribution in [0.25, 0.3) is 28.1 Å². The number of benzene rings is 2. The smallest absolute Gasteiger partial charge is 0.262 e. The Morgan fingerprint density at radius 2 is 1.89 bits per heavy atom. The van der Waals surface area contributed by atoms with E-state index >= 15 is 0 Å². The molecule has 0 atom stereocenters. The van der Waals surface area contributed by atoms with Gasteiger partial charge in [-0.25, -0.2) is 0 Å². The van der Waals surface area contributed by atoms with Crippen molar-refractivity contribution in [3.8, 4) is 17.3 Å². The number of nitrogens with zero attached hydrogens (tertiary/aromatic N) is 3. The number of hydrogen-bond donors (Lipinski definition) is 1. The fourth-order valence-electron chi connectivity index (χ4n) is 4.35. The molecule has 1 fully saturated rings. The first-order valence-corrected chi connectivity index (χ1v) is 12.6. The lowest BCUT2D eigenvalue weighted by Gasteiger charge is -2.29. The van der Waals surface area contributed by atoms with Crippen molar-refractivity contribution in [1.82, 2.24) is 9.88 Å². The van der Waals surface area contributed by atoms with Crippen molar-refractivity contribution in [1.29, 1.82) is 5.26 Å². The molecule has 0 unspecified atom stereocenters. The molecule has 0 aliphatic carbocycles. The van der Waals surface area contributed by atoms with Gasteiger partial charge in [0.05, 0.1) is 19.8 Å². The number of fused-ring (bicyclic) bond motifs is 1. The Morgan fingerprint density at radius 1 is 1.11 bits per heavy atom. The highest BCUT2D eigenvalue weighted by Gasteiger charge is 2.14. The number of amides is 1. The fourth-order valence-corrected chi connectivity index (χ4v) is 4.35. The molecule has 1 saturated heterocycles. The van der Waals surface area contributed by atoms with Crippen LogP contribution in [0, 0.1) is 11.3 Å². The zero-order chi connectivity index (χ0) is 25.3. The molecule has 3 aromatic rings. The van der Waals surface area contributed by atoms with E-state index in [4.69, 9.17) is 9.47 Å². The lowest BCUT2D eigenvalue weighted by atomic mass is 10.0. The number of ether oxygens (including phenoxy) is 2. The number of carbonyl (C=O) groups is 1. The van der Waals surface area contributed by atoms with Gasteiger partial charge in [-0.3, -0.25) is 4.79 Å². The lowest BCUT2D eigenvalue weighted by Crippen LogP contribution is -2.36. The number of unbranched alkanes of at least 4 members (excludes halogenated alkanes) is 1. The van der Waals surface area contributed by atoms with Gasteiger partial charge in [0, 0.05) is 50.4 Å². The molecule has 188 valence electrons. The molecule has 0 bridgehead atoms. The molecule has 1 aromatic heterocycles. The zero-order valence-electron chi connectivity index (χ0n) is 21.1. The highest BCUT2D eigenvalue weighted by atomic mass is 16.5. The summed E-state index contributed by atoms with van der Waals surface area (Å²) in [6.07, 6.45) is 3.70. The van der Waals surface area contributed by atoms with Crippen LogP contribution in [-0.4, -0.2) is 56.5 Å². The van der Waals surface area contributed by atoms with Gasteiger partial charge in [-0.05, 0) is 59.2 Å². The number of morpholine rings is 1. The van der Waals surface area contributed by atoms with Gasteiger partial charge in [0.1, 0.15) is 11.6 Å². The normalized spacial score (nSPS) is 14.1. The molecule has 7 heteroatoms. The zero-order valence-corrected chi connectivity index (χ0v) is 21.1.